The molecule has 0 aliphatic carbocycles. The van der Waals surface area contributed by atoms with Crippen LogP contribution in [-0.4, -0.2) is 73.1 Å². The average Bonchev–Trinajstić information content (AvgIpc) is 3.56. The highest BCUT2D eigenvalue weighted by molar-refractivity contribution is 8.00. The third-order valence-corrected chi connectivity index (χ3v) is 8.55. The molecule has 2 aliphatic heterocycles. The first kappa shape index (κ1) is 24.7. The Hall–Kier alpha value is -3.96. The molecule has 0 aromatic carbocycles. The number of fused-ring (bicyclic) bond motifs is 2. The van der Waals surface area contributed by atoms with Gasteiger partial charge in [0.15, 0.2) is 10.8 Å². The largest absolute Gasteiger partial charge is 0.477 e. The topological polar surface area (TPSA) is 199 Å². The summed E-state index contributed by atoms with van der Waals surface area (Å²) < 4.78 is 3.36. The third-order valence-electron chi connectivity index (χ3n) is 5.65. The van der Waals surface area contributed by atoms with E-state index in [0.29, 0.717) is 17.0 Å². The Labute approximate surface area is 220 Å². The molecule has 1 saturated heterocycles. The van der Waals surface area contributed by atoms with Gasteiger partial charge < -0.3 is 26.7 Å². The number of carboxylic acid groups (broad SMARTS) is 1. The number of aromatic nitrogens is 3. The molecule has 0 spiro atoms. The number of nitrogen functional groups attached to an aromatic ring is 1. The molecule has 192 valence electrons. The lowest BCUT2D eigenvalue weighted by atomic mass is 10.0. The van der Waals surface area contributed by atoms with E-state index in [-0.39, 0.29) is 28.8 Å². The SMILES string of the molecule is CO/N=C(\C(=O)N[C@@H]1C(=O)N2C(C(=O)O)=C(C[n+]3cc4scc(C(N)=O)n4c3)CS[C@H]12)c1csc(N)n1. The molecule has 0 unspecified atom stereocenters. The number of hydrogen-bond acceptors (Lipinski definition) is 11. The molecule has 3 amide bonds. The van der Waals surface area contributed by atoms with E-state index >= 15 is 0 Å². The second-order valence-corrected chi connectivity index (χ2v) is 10.8. The fourth-order valence-electron chi connectivity index (χ4n) is 4.07. The average molecular weight is 564 g/mol. The van der Waals surface area contributed by atoms with Gasteiger partial charge in [-0.15, -0.1) is 23.1 Å². The zero-order chi connectivity index (χ0) is 26.4. The number of nitrogens with zero attached hydrogens (tertiary/aromatic N) is 5. The lowest BCUT2D eigenvalue weighted by Crippen LogP contribution is -2.71. The smallest absolute Gasteiger partial charge is 0.352 e. The number of imidazole rings is 1. The van der Waals surface area contributed by atoms with Gasteiger partial charge in [0.05, 0.1) is 0 Å². The van der Waals surface area contributed by atoms with E-state index in [1.165, 1.54) is 40.5 Å². The lowest BCUT2D eigenvalue weighted by molar-refractivity contribution is -0.687. The van der Waals surface area contributed by atoms with E-state index in [1.807, 2.05) is 0 Å². The summed E-state index contributed by atoms with van der Waals surface area (Å²) >= 11 is 3.77. The molecule has 0 radical (unpaired) electrons. The van der Waals surface area contributed by atoms with Crippen LogP contribution in [0.2, 0.25) is 0 Å². The Morgan fingerprint density at radius 1 is 1.35 bits per heavy atom. The molecule has 3 aromatic rings. The first-order valence-electron chi connectivity index (χ1n) is 10.5. The number of amides is 3. The number of rotatable bonds is 8. The number of oxime groups is 1. The third kappa shape index (κ3) is 4.30. The summed E-state index contributed by atoms with van der Waals surface area (Å²) in [5.74, 6) is -2.78. The van der Waals surface area contributed by atoms with Gasteiger partial charge in [-0.1, -0.05) is 16.5 Å². The number of anilines is 1. The van der Waals surface area contributed by atoms with E-state index < -0.39 is 35.1 Å². The van der Waals surface area contributed by atoms with Crippen LogP contribution in [0.1, 0.15) is 16.2 Å². The minimum atomic E-state index is -1.25. The van der Waals surface area contributed by atoms with Crippen LogP contribution in [0.25, 0.3) is 4.83 Å². The normalized spacial score (nSPS) is 19.5. The lowest BCUT2D eigenvalue weighted by Gasteiger charge is -2.49. The van der Waals surface area contributed by atoms with E-state index in [9.17, 15) is 24.3 Å². The fraction of sp³-hybridized carbons (Fsp3) is 0.250. The highest BCUT2D eigenvalue weighted by Gasteiger charge is 2.54. The Kier molecular flexibility index (Phi) is 6.34. The van der Waals surface area contributed by atoms with Crippen molar-refractivity contribution in [2.75, 3.05) is 18.6 Å². The summed E-state index contributed by atoms with van der Waals surface area (Å²) in [6.07, 6.45) is 3.42. The highest BCUT2D eigenvalue weighted by Crippen LogP contribution is 2.40. The van der Waals surface area contributed by atoms with Crippen molar-refractivity contribution in [3.8, 4) is 0 Å². The molecule has 5 rings (SSSR count). The summed E-state index contributed by atoms with van der Waals surface area (Å²) in [5, 5.41) is 19.1. The molecule has 14 nitrogen and oxygen atoms in total. The molecule has 3 aromatic heterocycles. The van der Waals surface area contributed by atoms with Crippen molar-refractivity contribution in [1.82, 2.24) is 19.6 Å². The number of thioether (sulfide) groups is 1. The van der Waals surface area contributed by atoms with Crippen molar-refractivity contribution in [3.05, 3.63) is 45.9 Å². The molecular weight excluding hydrogens is 544 g/mol. The molecule has 0 saturated carbocycles. The summed E-state index contributed by atoms with van der Waals surface area (Å²) in [5.41, 5.74) is 11.8. The second kappa shape index (κ2) is 9.49. The quantitative estimate of drug-likeness (QED) is 0.117. The maximum Gasteiger partial charge on any atom is 0.352 e. The van der Waals surface area contributed by atoms with Gasteiger partial charge in [0.1, 0.15) is 42.7 Å². The fourth-order valence-corrected chi connectivity index (χ4v) is 6.87. The van der Waals surface area contributed by atoms with E-state index in [2.05, 4.69) is 15.5 Å². The van der Waals surface area contributed by atoms with Crippen LogP contribution in [-0.2, 0) is 25.8 Å². The number of β-lactam (4-membered cyclic amide) rings is 1. The number of hydrogen-bond donors (Lipinski definition) is 4. The Morgan fingerprint density at radius 2 is 2.14 bits per heavy atom. The molecule has 2 atom stereocenters. The summed E-state index contributed by atoms with van der Waals surface area (Å²) in [6, 6.07) is -0.961. The van der Waals surface area contributed by atoms with Crippen molar-refractivity contribution in [3.63, 3.8) is 0 Å². The molecule has 37 heavy (non-hydrogen) atoms. The van der Waals surface area contributed by atoms with Crippen LogP contribution in [0.5, 0.6) is 0 Å². The first-order valence-corrected chi connectivity index (χ1v) is 13.3. The Balaban J connectivity index is 1.36. The molecule has 0 bridgehead atoms. The van der Waals surface area contributed by atoms with Crippen molar-refractivity contribution in [1.29, 1.82) is 0 Å². The number of aliphatic carboxylic acids is 1. The maximum absolute atomic E-state index is 13.0. The van der Waals surface area contributed by atoms with Crippen LogP contribution in [0.4, 0.5) is 5.13 Å². The number of carbonyl (C=O) groups is 4. The van der Waals surface area contributed by atoms with Gasteiger partial charge in [0.25, 0.3) is 24.0 Å². The van der Waals surface area contributed by atoms with E-state index in [4.69, 9.17) is 16.3 Å². The van der Waals surface area contributed by atoms with Gasteiger partial charge in [-0.05, 0) is 0 Å². The number of carboxylic acids is 1. The molecule has 5 heterocycles. The van der Waals surface area contributed by atoms with Gasteiger partial charge >= 0.3 is 5.97 Å². The zero-order valence-corrected chi connectivity index (χ0v) is 21.4. The molecule has 17 heteroatoms. The maximum atomic E-state index is 13.0. The van der Waals surface area contributed by atoms with Gasteiger partial charge in [0.2, 0.25) is 10.5 Å². The molecule has 6 N–H and O–H groups in total. The summed E-state index contributed by atoms with van der Waals surface area (Å²) in [7, 11) is 1.27. The number of nitrogens with two attached hydrogens (primary N) is 2. The standard InChI is InChI=1S/C20H18N8O6S3/c1-34-25-12(9-5-37-20(22)23-9)16(30)24-13-17(31)28-14(19(32)33)8(4-36-18(13)28)2-26-3-11-27(7-26)10(6-35-11)15(21)29/h3,5-7,13,18H,2,4H2,1H3,(H5-,21,22,23,24,29,30,32,33)/p+1/b25-12-/t13-,18-/m1/s1. The van der Waals surface area contributed by atoms with Crippen LogP contribution in [0, 0.1) is 0 Å². The Morgan fingerprint density at radius 3 is 2.78 bits per heavy atom. The van der Waals surface area contributed by atoms with Crippen molar-refractivity contribution >= 4 is 73.8 Å². The van der Waals surface area contributed by atoms with Gasteiger partial charge in [-0.25, -0.2) is 14.3 Å². The number of thiazole rings is 2. The summed E-state index contributed by atoms with van der Waals surface area (Å²) in [4.78, 5) is 60.4. The van der Waals surface area contributed by atoms with Crippen LogP contribution >= 0.6 is 34.4 Å². The molecule has 2 aliphatic rings. The zero-order valence-electron chi connectivity index (χ0n) is 19.0. The Bertz CT molecular complexity index is 1520. The molecular formula is C20H19N8O6S3+. The monoisotopic (exact) mass is 563 g/mol. The number of carbonyl (C=O) groups excluding carboxylic acids is 3. The number of primary amides is 1. The minimum absolute atomic E-state index is 0.130. The second-order valence-electron chi connectivity index (χ2n) is 7.92. The van der Waals surface area contributed by atoms with E-state index in [1.54, 1.807) is 26.9 Å². The van der Waals surface area contributed by atoms with Gasteiger partial charge in [-0.3, -0.25) is 19.3 Å². The number of nitrogens with one attached hydrogen (secondary N) is 1. The van der Waals surface area contributed by atoms with Crippen LogP contribution in [0.3, 0.4) is 0 Å². The van der Waals surface area contributed by atoms with Crippen LogP contribution in [0.15, 0.2) is 39.7 Å². The van der Waals surface area contributed by atoms with Crippen molar-refractivity contribution in [2.24, 2.45) is 10.9 Å². The van der Waals surface area contributed by atoms with Gasteiger partial charge in [0, 0.05) is 22.1 Å². The predicted octanol–water partition coefficient (Wildman–Crippen LogP) is -0.785. The van der Waals surface area contributed by atoms with E-state index in [0.717, 1.165) is 16.2 Å². The highest BCUT2D eigenvalue weighted by atomic mass is 32.2. The molecule has 1 fully saturated rings. The van der Waals surface area contributed by atoms with Gasteiger partial charge in [-0.2, -0.15) is 4.40 Å². The minimum Gasteiger partial charge on any atom is -0.477 e. The van der Waals surface area contributed by atoms with Crippen molar-refractivity contribution in [2.45, 2.75) is 18.0 Å². The summed E-state index contributed by atoms with van der Waals surface area (Å²) in [6.45, 7) is 0.185. The first-order chi connectivity index (χ1) is 17.7. The van der Waals surface area contributed by atoms with Crippen molar-refractivity contribution < 1.29 is 33.7 Å². The van der Waals surface area contributed by atoms with Crippen LogP contribution < -0.4 is 21.4 Å². The predicted molar refractivity (Wildman–Crippen MR) is 134 cm³/mol.